The van der Waals surface area contributed by atoms with Crippen molar-refractivity contribution in [2.75, 3.05) is 4.90 Å². The van der Waals surface area contributed by atoms with Gasteiger partial charge in [0, 0.05) is 23.0 Å². The van der Waals surface area contributed by atoms with Crippen LogP contribution in [-0.4, -0.2) is 4.98 Å². The molecule has 0 aliphatic carbocycles. The molecule has 40 heavy (non-hydrogen) atoms. The molecular weight excluding hydrogens is 488 g/mol. The van der Waals surface area contributed by atoms with Gasteiger partial charge < -0.3 is 9.32 Å². The number of aromatic nitrogens is 1. The molecule has 0 fully saturated rings. The highest BCUT2D eigenvalue weighted by atomic mass is 16.3. The Balaban J connectivity index is 1.39. The van der Waals surface area contributed by atoms with Gasteiger partial charge >= 0.3 is 0 Å². The second-order valence-corrected chi connectivity index (χ2v) is 10.0. The monoisotopic (exact) mass is 512 g/mol. The fraction of sp³-hybridized carbons (Fsp3) is 0. The molecule has 0 unspecified atom stereocenters. The summed E-state index contributed by atoms with van der Waals surface area (Å²) in [6.45, 7) is 0. The molecule has 0 amide bonds. The number of rotatable bonds is 4. The smallest absolute Gasteiger partial charge is 0.229 e. The molecule has 0 atom stereocenters. The van der Waals surface area contributed by atoms with Crippen molar-refractivity contribution in [3.63, 3.8) is 0 Å². The minimum absolute atomic E-state index is 0.635. The minimum atomic E-state index is 0.635. The van der Waals surface area contributed by atoms with E-state index in [1.807, 2.05) is 24.4 Å². The summed E-state index contributed by atoms with van der Waals surface area (Å²) in [5.74, 6) is 0. The maximum atomic E-state index is 6.18. The van der Waals surface area contributed by atoms with E-state index in [-0.39, 0.29) is 0 Å². The molecule has 0 aliphatic heterocycles. The molecule has 0 aliphatic rings. The van der Waals surface area contributed by atoms with Crippen molar-refractivity contribution < 1.29 is 4.42 Å². The molecule has 3 heteroatoms. The number of pyridine rings is 1. The van der Waals surface area contributed by atoms with Crippen molar-refractivity contribution in [2.45, 2.75) is 0 Å². The number of hydrogen-bond donors (Lipinski definition) is 0. The third-order valence-corrected chi connectivity index (χ3v) is 7.72. The Morgan fingerprint density at radius 3 is 2.00 bits per heavy atom. The van der Waals surface area contributed by atoms with E-state index in [4.69, 9.17) is 4.42 Å². The van der Waals surface area contributed by atoms with Crippen molar-refractivity contribution in [1.29, 1.82) is 0 Å². The summed E-state index contributed by atoms with van der Waals surface area (Å²) in [4.78, 5) is 6.92. The van der Waals surface area contributed by atoms with Crippen molar-refractivity contribution in [3.8, 4) is 11.1 Å². The highest BCUT2D eigenvalue weighted by Gasteiger charge is 2.20. The van der Waals surface area contributed by atoms with Crippen molar-refractivity contribution in [3.05, 3.63) is 146 Å². The average Bonchev–Trinajstić information content (AvgIpc) is 3.41. The summed E-state index contributed by atoms with van der Waals surface area (Å²) in [5.41, 5.74) is 7.03. The second-order valence-electron chi connectivity index (χ2n) is 10.0. The number of nitrogens with zero attached hydrogens (tertiary/aromatic N) is 2. The summed E-state index contributed by atoms with van der Waals surface area (Å²) < 4.78 is 6.18. The Morgan fingerprint density at radius 2 is 1.15 bits per heavy atom. The van der Waals surface area contributed by atoms with Crippen molar-refractivity contribution in [2.24, 2.45) is 0 Å². The van der Waals surface area contributed by atoms with Crippen molar-refractivity contribution >= 4 is 60.7 Å². The molecular formula is C37H24N2O. The van der Waals surface area contributed by atoms with Gasteiger partial charge in [0.15, 0.2) is 0 Å². The number of fused-ring (bicyclic) bond motifs is 6. The van der Waals surface area contributed by atoms with E-state index in [0.717, 1.165) is 33.4 Å². The van der Waals surface area contributed by atoms with Crippen molar-refractivity contribution in [1.82, 2.24) is 4.98 Å². The first-order valence-electron chi connectivity index (χ1n) is 13.5. The van der Waals surface area contributed by atoms with Gasteiger partial charge in [0.25, 0.3) is 0 Å². The maximum absolute atomic E-state index is 6.18. The number of hydrogen-bond acceptors (Lipinski definition) is 3. The molecule has 0 saturated carbocycles. The van der Waals surface area contributed by atoms with E-state index in [2.05, 4.69) is 131 Å². The normalized spacial score (nSPS) is 11.5. The Morgan fingerprint density at radius 1 is 0.500 bits per heavy atom. The molecule has 0 N–H and O–H groups in total. The third kappa shape index (κ3) is 3.63. The van der Waals surface area contributed by atoms with Gasteiger partial charge in [-0.1, -0.05) is 103 Å². The standard InChI is InChI=1S/C37H24N2O/c1-2-8-25(9-3-1)26-16-19-29(20-17-26)39(34-22-23-38-37-36(34)32-12-6-7-13-35(32)40-37)30-21-18-28-15-14-27-10-4-5-11-31(27)33(28)24-30/h1-24H. The summed E-state index contributed by atoms with van der Waals surface area (Å²) in [7, 11) is 0. The predicted molar refractivity (Wildman–Crippen MR) is 167 cm³/mol. The van der Waals surface area contributed by atoms with E-state index >= 15 is 0 Å². The van der Waals surface area contributed by atoms with Gasteiger partial charge in [-0.2, -0.15) is 0 Å². The van der Waals surface area contributed by atoms with Crippen LogP contribution in [0.25, 0.3) is 54.7 Å². The lowest BCUT2D eigenvalue weighted by Crippen LogP contribution is -2.10. The zero-order valence-electron chi connectivity index (χ0n) is 21.7. The van der Waals surface area contributed by atoms with E-state index in [1.54, 1.807) is 0 Å². The molecule has 0 radical (unpaired) electrons. The SMILES string of the molecule is c1ccc(-c2ccc(N(c3ccc4ccc5ccccc5c4c3)c3ccnc4oc5ccccc5c34)cc2)cc1. The summed E-state index contributed by atoms with van der Waals surface area (Å²) >= 11 is 0. The van der Waals surface area contributed by atoms with Crippen LogP contribution in [0, 0.1) is 0 Å². The number of furan rings is 1. The zero-order valence-corrected chi connectivity index (χ0v) is 21.7. The molecule has 3 nitrogen and oxygen atoms in total. The average molecular weight is 513 g/mol. The molecule has 8 aromatic rings. The van der Waals surface area contributed by atoms with Crippen LogP contribution in [-0.2, 0) is 0 Å². The van der Waals surface area contributed by atoms with Crippen LogP contribution >= 0.6 is 0 Å². The molecule has 188 valence electrons. The van der Waals surface area contributed by atoms with Gasteiger partial charge in [-0.25, -0.2) is 4.98 Å². The third-order valence-electron chi connectivity index (χ3n) is 7.72. The Hall–Kier alpha value is -5.41. The molecule has 2 aromatic heterocycles. The molecule has 0 spiro atoms. The summed E-state index contributed by atoms with van der Waals surface area (Å²) in [6.07, 6.45) is 1.84. The van der Waals surface area contributed by atoms with E-state index in [0.29, 0.717) is 5.71 Å². The van der Waals surface area contributed by atoms with E-state index < -0.39 is 0 Å². The zero-order chi connectivity index (χ0) is 26.5. The highest BCUT2D eigenvalue weighted by Crippen LogP contribution is 2.43. The lowest BCUT2D eigenvalue weighted by atomic mass is 10.0. The van der Waals surface area contributed by atoms with Gasteiger partial charge in [0.2, 0.25) is 5.71 Å². The first-order valence-corrected chi connectivity index (χ1v) is 13.5. The van der Waals surface area contributed by atoms with Gasteiger partial charge in [-0.05, 0) is 69.1 Å². The maximum Gasteiger partial charge on any atom is 0.229 e. The lowest BCUT2D eigenvalue weighted by molar-refractivity contribution is 0.654. The number of benzene rings is 6. The Labute approximate surface area is 231 Å². The summed E-state index contributed by atoms with van der Waals surface area (Å²) in [6, 6.07) is 49.2. The minimum Gasteiger partial charge on any atom is -0.438 e. The quantitative estimate of drug-likeness (QED) is 0.220. The van der Waals surface area contributed by atoms with Gasteiger partial charge in [-0.15, -0.1) is 0 Å². The highest BCUT2D eigenvalue weighted by molar-refractivity contribution is 6.13. The number of para-hydroxylation sites is 1. The lowest BCUT2D eigenvalue weighted by Gasteiger charge is -2.26. The molecule has 0 saturated heterocycles. The van der Waals surface area contributed by atoms with Gasteiger partial charge in [0.05, 0.1) is 11.1 Å². The topological polar surface area (TPSA) is 29.3 Å². The molecule has 2 heterocycles. The fourth-order valence-corrected chi connectivity index (χ4v) is 5.81. The first-order chi connectivity index (χ1) is 19.8. The van der Waals surface area contributed by atoms with E-state index in [9.17, 15) is 0 Å². The first kappa shape index (κ1) is 22.6. The van der Waals surface area contributed by atoms with Gasteiger partial charge in [-0.3, -0.25) is 0 Å². The van der Waals surface area contributed by atoms with Crippen LogP contribution in [0.1, 0.15) is 0 Å². The Kier molecular flexibility index (Phi) is 5.14. The van der Waals surface area contributed by atoms with Crippen LogP contribution < -0.4 is 4.90 Å². The fourth-order valence-electron chi connectivity index (χ4n) is 5.81. The largest absolute Gasteiger partial charge is 0.438 e. The van der Waals surface area contributed by atoms with Crippen LogP contribution in [0.5, 0.6) is 0 Å². The molecule has 6 aromatic carbocycles. The van der Waals surface area contributed by atoms with Crippen LogP contribution in [0.15, 0.2) is 150 Å². The molecule has 0 bridgehead atoms. The number of anilines is 3. The van der Waals surface area contributed by atoms with Crippen LogP contribution in [0.3, 0.4) is 0 Å². The van der Waals surface area contributed by atoms with Crippen LogP contribution in [0.2, 0.25) is 0 Å². The van der Waals surface area contributed by atoms with Gasteiger partial charge in [0.1, 0.15) is 5.58 Å². The predicted octanol–water partition coefficient (Wildman–Crippen LogP) is 10.4. The summed E-state index contributed by atoms with van der Waals surface area (Å²) in [5, 5.41) is 6.98. The molecule has 8 rings (SSSR count). The Bertz CT molecular complexity index is 2160. The van der Waals surface area contributed by atoms with Crippen LogP contribution in [0.4, 0.5) is 17.1 Å². The van der Waals surface area contributed by atoms with E-state index in [1.165, 1.54) is 32.7 Å². The second kappa shape index (κ2) is 9.11.